The highest BCUT2D eigenvalue weighted by Gasteiger charge is 2.20. The Labute approximate surface area is 157 Å². The zero-order chi connectivity index (χ0) is 17.9. The van der Waals surface area contributed by atoms with Crippen molar-refractivity contribution in [3.63, 3.8) is 0 Å². The smallest absolute Gasteiger partial charge is 0.339 e. The summed E-state index contributed by atoms with van der Waals surface area (Å²) in [4.78, 5) is 12.1. The average molecular weight is 364 g/mol. The van der Waals surface area contributed by atoms with Crippen LogP contribution in [-0.2, 0) is 24.3 Å². The van der Waals surface area contributed by atoms with Crippen LogP contribution in [0.4, 0.5) is 0 Å². The van der Waals surface area contributed by atoms with Crippen LogP contribution in [0.1, 0.15) is 33.9 Å². The van der Waals surface area contributed by atoms with E-state index in [0.29, 0.717) is 16.4 Å². The predicted molar refractivity (Wildman–Crippen MR) is 103 cm³/mol. The van der Waals surface area contributed by atoms with Gasteiger partial charge in [-0.15, -0.1) is 0 Å². The molecule has 0 fully saturated rings. The van der Waals surface area contributed by atoms with Crippen LogP contribution in [0.25, 0.3) is 0 Å². The van der Waals surface area contributed by atoms with Gasteiger partial charge in [-0.05, 0) is 54.7 Å². The summed E-state index contributed by atoms with van der Waals surface area (Å²) in [5, 5.41) is 0. The van der Waals surface area contributed by atoms with Crippen LogP contribution in [0.15, 0.2) is 67.0 Å². The second-order valence-corrected chi connectivity index (χ2v) is 6.92. The number of aromatic nitrogens is 2. The van der Waals surface area contributed by atoms with Crippen LogP contribution in [-0.4, -0.2) is 15.1 Å². The second kappa shape index (κ2) is 7.30. The van der Waals surface area contributed by atoms with Crippen LogP contribution >= 0.6 is 12.2 Å². The minimum absolute atomic E-state index is 0.128. The highest BCUT2D eigenvalue weighted by atomic mass is 32.1. The second-order valence-electron chi connectivity index (χ2n) is 6.55. The van der Waals surface area contributed by atoms with Gasteiger partial charge in [0, 0.05) is 18.4 Å². The molecule has 0 radical (unpaired) electrons. The molecule has 4 rings (SSSR count). The maximum Gasteiger partial charge on any atom is 0.339 e. The van der Waals surface area contributed by atoms with Crippen LogP contribution in [0.5, 0.6) is 0 Å². The number of aryl methyl sites for hydroxylation is 1. The van der Waals surface area contributed by atoms with Gasteiger partial charge in [0.1, 0.15) is 0 Å². The molecule has 132 valence electrons. The van der Waals surface area contributed by atoms with Crippen molar-refractivity contribution in [2.24, 2.45) is 0 Å². The number of carbonyl (C=O) groups is 1. The molecule has 1 atom stereocenters. The number of esters is 1. The highest BCUT2D eigenvalue weighted by Crippen LogP contribution is 2.29. The van der Waals surface area contributed by atoms with E-state index in [4.69, 9.17) is 17.0 Å². The Kier molecular flexibility index (Phi) is 4.71. The van der Waals surface area contributed by atoms with Gasteiger partial charge in [-0.25, -0.2) is 4.79 Å². The summed E-state index contributed by atoms with van der Waals surface area (Å²) in [5.41, 5.74) is 3.38. The molecule has 26 heavy (non-hydrogen) atoms. The fourth-order valence-corrected chi connectivity index (χ4v) is 3.83. The number of imidazole rings is 1. The Morgan fingerprint density at radius 3 is 2.58 bits per heavy atom. The maximum absolute atomic E-state index is 12.1. The summed E-state index contributed by atoms with van der Waals surface area (Å²) >= 11 is 5.61. The molecule has 0 amide bonds. The monoisotopic (exact) mass is 364 g/mol. The van der Waals surface area contributed by atoms with Crippen molar-refractivity contribution in [1.29, 1.82) is 0 Å². The van der Waals surface area contributed by atoms with Gasteiger partial charge in [0.05, 0.1) is 5.56 Å². The molecule has 1 aliphatic rings. The topological polar surface area (TPSA) is 36.2 Å². The van der Waals surface area contributed by atoms with Crippen molar-refractivity contribution in [2.45, 2.75) is 32.0 Å². The molecule has 2 aromatic carbocycles. The van der Waals surface area contributed by atoms with Gasteiger partial charge < -0.3 is 9.30 Å². The van der Waals surface area contributed by atoms with E-state index in [0.717, 1.165) is 19.3 Å². The molecule has 1 aromatic heterocycles. The van der Waals surface area contributed by atoms with Gasteiger partial charge >= 0.3 is 5.97 Å². The van der Waals surface area contributed by atoms with Crippen LogP contribution < -0.4 is 0 Å². The van der Waals surface area contributed by atoms with Crippen LogP contribution in [0.2, 0.25) is 0 Å². The highest BCUT2D eigenvalue weighted by molar-refractivity contribution is 7.71. The number of hydrogen-bond donors (Lipinski definition) is 0. The lowest BCUT2D eigenvalue weighted by molar-refractivity contribution is 0.0368. The zero-order valence-electron chi connectivity index (χ0n) is 14.4. The van der Waals surface area contributed by atoms with E-state index in [1.54, 1.807) is 16.7 Å². The number of ether oxygens (including phenoxy) is 1. The first kappa shape index (κ1) is 16.8. The van der Waals surface area contributed by atoms with Crippen LogP contribution in [0, 0.1) is 4.77 Å². The number of carbonyl (C=O) groups excluding carboxylic acids is 1. The fourth-order valence-electron chi connectivity index (χ4n) is 3.51. The minimum Gasteiger partial charge on any atom is -0.440 e. The SMILES string of the molecule is O=C(OCn1ccn(C2CCc3ccccc3C2)c1=S)c1ccccc1. The van der Waals surface area contributed by atoms with Crippen molar-refractivity contribution >= 4 is 18.2 Å². The first-order valence-electron chi connectivity index (χ1n) is 8.78. The summed E-state index contributed by atoms with van der Waals surface area (Å²) in [6.45, 7) is 0.128. The molecule has 4 nitrogen and oxygen atoms in total. The molecule has 0 saturated heterocycles. The lowest BCUT2D eigenvalue weighted by Gasteiger charge is -2.25. The molecule has 0 N–H and O–H groups in total. The Morgan fingerprint density at radius 2 is 1.77 bits per heavy atom. The summed E-state index contributed by atoms with van der Waals surface area (Å²) in [5.74, 6) is -0.341. The quantitative estimate of drug-likeness (QED) is 0.503. The predicted octanol–water partition coefficient (Wildman–Crippen LogP) is 4.56. The van der Waals surface area contributed by atoms with Gasteiger partial charge in [0.15, 0.2) is 11.5 Å². The fraction of sp³-hybridized carbons (Fsp3) is 0.238. The van der Waals surface area contributed by atoms with Crippen molar-refractivity contribution in [1.82, 2.24) is 9.13 Å². The van der Waals surface area contributed by atoms with E-state index >= 15 is 0 Å². The van der Waals surface area contributed by atoms with Crippen molar-refractivity contribution in [3.05, 3.63) is 88.5 Å². The Balaban J connectivity index is 1.46. The molecule has 1 unspecified atom stereocenters. The molecule has 0 bridgehead atoms. The molecular weight excluding hydrogens is 344 g/mol. The van der Waals surface area contributed by atoms with Crippen molar-refractivity contribution < 1.29 is 9.53 Å². The Morgan fingerprint density at radius 1 is 1.04 bits per heavy atom. The molecule has 0 aliphatic heterocycles. The van der Waals surface area contributed by atoms with E-state index < -0.39 is 0 Å². The lowest BCUT2D eigenvalue weighted by Crippen LogP contribution is -2.19. The van der Waals surface area contributed by atoms with Crippen molar-refractivity contribution in [3.8, 4) is 0 Å². The van der Waals surface area contributed by atoms with Crippen LogP contribution in [0.3, 0.4) is 0 Å². The lowest BCUT2D eigenvalue weighted by atomic mass is 9.88. The zero-order valence-corrected chi connectivity index (χ0v) is 15.2. The largest absolute Gasteiger partial charge is 0.440 e. The third-order valence-corrected chi connectivity index (χ3v) is 5.38. The van der Waals surface area contributed by atoms with Gasteiger partial charge in [0.25, 0.3) is 0 Å². The molecule has 0 spiro atoms. The van der Waals surface area contributed by atoms with E-state index in [1.165, 1.54) is 11.1 Å². The average Bonchev–Trinajstić information content (AvgIpc) is 3.07. The first-order chi connectivity index (χ1) is 12.7. The van der Waals surface area contributed by atoms with E-state index in [-0.39, 0.29) is 12.7 Å². The first-order valence-corrected chi connectivity index (χ1v) is 9.19. The molecule has 3 aromatic rings. The third-order valence-electron chi connectivity index (χ3n) is 4.93. The summed E-state index contributed by atoms with van der Waals surface area (Å²) in [7, 11) is 0. The van der Waals surface area contributed by atoms with Gasteiger partial charge in [-0.2, -0.15) is 0 Å². The molecule has 0 saturated carbocycles. The molecule has 5 heteroatoms. The summed E-state index contributed by atoms with van der Waals surface area (Å²) < 4.78 is 10.0. The Hall–Kier alpha value is -2.66. The Bertz CT molecular complexity index is 975. The summed E-state index contributed by atoms with van der Waals surface area (Å²) in [6, 6.07) is 17.9. The number of nitrogens with zero attached hydrogens (tertiary/aromatic N) is 2. The normalized spacial score (nSPS) is 16.1. The standard InChI is InChI=1S/C21H20N2O2S/c24-20(17-7-2-1-3-8-17)25-15-22-12-13-23(21(22)26)19-11-10-16-6-4-5-9-18(16)14-19/h1-9,12-13,19H,10-11,14-15H2. The number of hydrogen-bond acceptors (Lipinski definition) is 3. The molecular formula is C21H20N2O2S. The molecule has 1 aliphatic carbocycles. The van der Waals surface area contributed by atoms with E-state index in [1.807, 2.05) is 30.6 Å². The number of fused-ring (bicyclic) bond motifs is 1. The number of benzene rings is 2. The van der Waals surface area contributed by atoms with Crippen molar-refractivity contribution in [2.75, 3.05) is 0 Å². The van der Waals surface area contributed by atoms with Gasteiger partial charge in [-0.3, -0.25) is 4.57 Å². The summed E-state index contributed by atoms with van der Waals surface area (Å²) in [6.07, 6.45) is 7.01. The van der Waals surface area contributed by atoms with E-state index in [9.17, 15) is 4.79 Å². The van der Waals surface area contributed by atoms with Gasteiger partial charge in [-0.1, -0.05) is 42.5 Å². The maximum atomic E-state index is 12.1. The number of rotatable bonds is 4. The minimum atomic E-state index is -0.341. The molecule has 1 heterocycles. The van der Waals surface area contributed by atoms with E-state index in [2.05, 4.69) is 28.8 Å². The van der Waals surface area contributed by atoms with Gasteiger partial charge in [0.2, 0.25) is 0 Å². The third kappa shape index (κ3) is 3.35.